The van der Waals surface area contributed by atoms with Crippen molar-refractivity contribution in [1.29, 1.82) is 0 Å². The Kier molecular flexibility index (Phi) is 3.21. The van der Waals surface area contributed by atoms with E-state index < -0.39 is 0 Å². The number of aromatic amines is 1. The van der Waals surface area contributed by atoms with Crippen molar-refractivity contribution in [1.82, 2.24) is 15.5 Å². The van der Waals surface area contributed by atoms with Crippen molar-refractivity contribution < 1.29 is 13.7 Å². The number of aryl methyl sites for hydroxylation is 2. The molecule has 3 aromatic rings. The summed E-state index contributed by atoms with van der Waals surface area (Å²) in [6, 6.07) is 6.66. The van der Waals surface area contributed by atoms with Crippen molar-refractivity contribution in [3.8, 4) is 0 Å². The van der Waals surface area contributed by atoms with Crippen LogP contribution in [0.2, 0.25) is 0 Å². The van der Waals surface area contributed by atoms with Crippen LogP contribution in [-0.4, -0.2) is 16.0 Å². The second-order valence-corrected chi connectivity index (χ2v) is 5.01. The number of amides is 1. The number of halogens is 1. The summed E-state index contributed by atoms with van der Waals surface area (Å²) in [7, 11) is 0. The highest BCUT2D eigenvalue weighted by atomic mass is 19.1. The highest BCUT2D eigenvalue weighted by Crippen LogP contribution is 2.20. The van der Waals surface area contributed by atoms with Gasteiger partial charge in [-0.1, -0.05) is 5.16 Å². The van der Waals surface area contributed by atoms with Gasteiger partial charge in [-0.15, -0.1) is 0 Å². The Bertz CT molecular complexity index is 820. The number of fused-ring (bicyclic) bond motifs is 1. The van der Waals surface area contributed by atoms with Crippen LogP contribution in [0.5, 0.6) is 0 Å². The van der Waals surface area contributed by atoms with E-state index in [4.69, 9.17) is 4.52 Å². The van der Waals surface area contributed by atoms with Crippen LogP contribution < -0.4 is 5.32 Å². The van der Waals surface area contributed by atoms with E-state index in [2.05, 4.69) is 15.5 Å². The molecule has 0 unspecified atom stereocenters. The highest BCUT2D eigenvalue weighted by Gasteiger charge is 2.12. The lowest BCUT2D eigenvalue weighted by Gasteiger charge is -2.04. The van der Waals surface area contributed by atoms with E-state index in [0.29, 0.717) is 16.8 Å². The van der Waals surface area contributed by atoms with Crippen molar-refractivity contribution in [3.63, 3.8) is 0 Å². The predicted molar refractivity (Wildman–Crippen MR) is 75.4 cm³/mol. The molecule has 0 aliphatic rings. The molecule has 1 aromatic carbocycles. The Morgan fingerprint density at radius 1 is 1.33 bits per heavy atom. The van der Waals surface area contributed by atoms with Crippen LogP contribution in [0.1, 0.15) is 27.5 Å². The normalized spacial score (nSPS) is 11.0. The van der Waals surface area contributed by atoms with E-state index in [1.165, 1.54) is 6.07 Å². The van der Waals surface area contributed by atoms with Gasteiger partial charge in [0, 0.05) is 23.7 Å². The van der Waals surface area contributed by atoms with Crippen LogP contribution in [-0.2, 0) is 6.54 Å². The topological polar surface area (TPSA) is 70.9 Å². The second-order valence-electron chi connectivity index (χ2n) is 5.01. The van der Waals surface area contributed by atoms with Crippen molar-refractivity contribution in [3.05, 3.63) is 52.8 Å². The Labute approximate surface area is 120 Å². The summed E-state index contributed by atoms with van der Waals surface area (Å²) >= 11 is 0. The van der Waals surface area contributed by atoms with Gasteiger partial charge in [0.2, 0.25) is 5.76 Å². The molecule has 2 heterocycles. The Morgan fingerprint density at radius 3 is 2.86 bits per heavy atom. The number of H-pyrrole nitrogens is 1. The largest absolute Gasteiger partial charge is 0.356 e. The molecule has 0 atom stereocenters. The third kappa shape index (κ3) is 2.65. The smallest absolute Gasteiger partial charge is 0.290 e. The summed E-state index contributed by atoms with van der Waals surface area (Å²) < 4.78 is 18.8. The minimum Gasteiger partial charge on any atom is -0.356 e. The minimum absolute atomic E-state index is 0.145. The number of rotatable bonds is 3. The van der Waals surface area contributed by atoms with Gasteiger partial charge in [0.1, 0.15) is 5.82 Å². The molecular weight excluding hydrogens is 273 g/mol. The van der Waals surface area contributed by atoms with Crippen molar-refractivity contribution >= 4 is 16.8 Å². The Balaban J connectivity index is 1.77. The lowest BCUT2D eigenvalue weighted by atomic mass is 10.1. The average Bonchev–Trinajstić information content (AvgIpc) is 3.02. The van der Waals surface area contributed by atoms with Gasteiger partial charge in [-0.05, 0) is 37.6 Å². The van der Waals surface area contributed by atoms with Gasteiger partial charge in [-0.25, -0.2) is 4.39 Å². The highest BCUT2D eigenvalue weighted by molar-refractivity contribution is 5.91. The first-order valence-electron chi connectivity index (χ1n) is 6.52. The standard InChI is InChI=1S/C15H14FN3O2/c1-8-3-11-5-10(6-12(16)14(11)18-8)7-17-15(20)13-4-9(2)19-21-13/h3-6,18H,7H2,1-2H3,(H,17,20). The van der Waals surface area contributed by atoms with Crippen LogP contribution in [0.3, 0.4) is 0 Å². The lowest BCUT2D eigenvalue weighted by molar-refractivity contribution is 0.0914. The molecule has 0 aliphatic heterocycles. The average molecular weight is 287 g/mol. The zero-order valence-electron chi connectivity index (χ0n) is 11.7. The zero-order valence-corrected chi connectivity index (χ0v) is 11.7. The lowest BCUT2D eigenvalue weighted by Crippen LogP contribution is -2.22. The molecule has 0 bridgehead atoms. The van der Waals surface area contributed by atoms with E-state index in [1.807, 2.05) is 19.1 Å². The van der Waals surface area contributed by atoms with Gasteiger partial charge in [0.25, 0.3) is 5.91 Å². The fourth-order valence-corrected chi connectivity index (χ4v) is 2.24. The summed E-state index contributed by atoms with van der Waals surface area (Å²) in [6.45, 7) is 3.82. The maximum Gasteiger partial charge on any atom is 0.290 e. The zero-order chi connectivity index (χ0) is 15.0. The Hall–Kier alpha value is -2.63. The van der Waals surface area contributed by atoms with Gasteiger partial charge in [-0.3, -0.25) is 4.79 Å². The number of nitrogens with one attached hydrogen (secondary N) is 2. The van der Waals surface area contributed by atoms with E-state index >= 15 is 0 Å². The van der Waals surface area contributed by atoms with Crippen LogP contribution in [0.15, 0.2) is 28.8 Å². The van der Waals surface area contributed by atoms with Crippen LogP contribution >= 0.6 is 0 Å². The van der Waals surface area contributed by atoms with Gasteiger partial charge < -0.3 is 14.8 Å². The summed E-state index contributed by atoms with van der Waals surface area (Å²) in [5, 5.41) is 7.11. The number of aromatic nitrogens is 2. The van der Waals surface area contributed by atoms with Crippen molar-refractivity contribution in [2.24, 2.45) is 0 Å². The molecule has 0 fully saturated rings. The van der Waals surface area contributed by atoms with E-state index in [-0.39, 0.29) is 24.0 Å². The predicted octanol–water partition coefficient (Wildman–Crippen LogP) is 2.84. The van der Waals surface area contributed by atoms with Gasteiger partial charge >= 0.3 is 0 Å². The van der Waals surface area contributed by atoms with Gasteiger partial charge in [0.05, 0.1) is 11.2 Å². The van der Waals surface area contributed by atoms with Crippen LogP contribution in [0, 0.1) is 19.7 Å². The fourth-order valence-electron chi connectivity index (χ4n) is 2.24. The monoisotopic (exact) mass is 287 g/mol. The molecule has 1 amide bonds. The molecule has 5 nitrogen and oxygen atoms in total. The number of hydrogen-bond donors (Lipinski definition) is 2. The maximum absolute atomic E-state index is 13.9. The number of carbonyl (C=O) groups excluding carboxylic acids is 1. The van der Waals surface area contributed by atoms with Gasteiger partial charge in [-0.2, -0.15) is 0 Å². The third-order valence-electron chi connectivity index (χ3n) is 3.18. The molecule has 0 saturated heterocycles. The summed E-state index contributed by atoms with van der Waals surface area (Å²) in [5.41, 5.74) is 2.69. The van der Waals surface area contributed by atoms with Crippen LogP contribution in [0.25, 0.3) is 10.9 Å². The molecule has 0 spiro atoms. The second kappa shape index (κ2) is 5.05. The molecule has 6 heteroatoms. The Morgan fingerprint density at radius 2 is 2.14 bits per heavy atom. The molecule has 108 valence electrons. The van der Waals surface area contributed by atoms with Crippen molar-refractivity contribution in [2.75, 3.05) is 0 Å². The summed E-state index contributed by atoms with van der Waals surface area (Å²) in [6.07, 6.45) is 0. The van der Waals surface area contributed by atoms with Gasteiger partial charge in [0.15, 0.2) is 0 Å². The molecule has 21 heavy (non-hydrogen) atoms. The molecule has 0 aliphatic carbocycles. The number of hydrogen-bond acceptors (Lipinski definition) is 3. The quantitative estimate of drug-likeness (QED) is 0.778. The van der Waals surface area contributed by atoms with Crippen molar-refractivity contribution in [2.45, 2.75) is 20.4 Å². The molecule has 2 N–H and O–H groups in total. The molecule has 0 saturated carbocycles. The number of carbonyl (C=O) groups is 1. The minimum atomic E-state index is -0.374. The molecular formula is C15H14FN3O2. The SMILES string of the molecule is Cc1cc(C(=O)NCc2cc(F)c3[nH]c(C)cc3c2)on1. The number of benzene rings is 1. The van der Waals surface area contributed by atoms with E-state index in [9.17, 15) is 9.18 Å². The molecule has 2 aromatic heterocycles. The van der Waals surface area contributed by atoms with Crippen LogP contribution in [0.4, 0.5) is 4.39 Å². The first kappa shape index (κ1) is 13.4. The summed E-state index contributed by atoms with van der Waals surface area (Å²) in [4.78, 5) is 14.8. The molecule has 0 radical (unpaired) electrons. The third-order valence-corrected chi connectivity index (χ3v) is 3.18. The fraction of sp³-hybridized carbons (Fsp3) is 0.200. The first-order valence-corrected chi connectivity index (χ1v) is 6.52. The maximum atomic E-state index is 13.9. The van der Waals surface area contributed by atoms with E-state index in [0.717, 1.165) is 11.1 Å². The number of nitrogens with zero attached hydrogens (tertiary/aromatic N) is 1. The first-order chi connectivity index (χ1) is 10.0. The van der Waals surface area contributed by atoms with E-state index in [1.54, 1.807) is 13.0 Å². The molecule has 3 rings (SSSR count). The summed E-state index contributed by atoms with van der Waals surface area (Å²) in [5.74, 6) is -0.562.